The van der Waals surface area contributed by atoms with Crippen molar-refractivity contribution >= 4 is 11.9 Å². The number of carboxylic acid groups (broad SMARTS) is 1. The van der Waals surface area contributed by atoms with E-state index >= 15 is 0 Å². The van der Waals surface area contributed by atoms with E-state index in [9.17, 15) is 19.8 Å². The lowest BCUT2D eigenvalue weighted by atomic mass is 9.65. The molecule has 0 radical (unpaired) electrons. The summed E-state index contributed by atoms with van der Waals surface area (Å²) >= 11 is 0. The second-order valence-electron chi connectivity index (χ2n) is 13.0. The van der Waals surface area contributed by atoms with Crippen LogP contribution in [0.3, 0.4) is 0 Å². The molecule has 232 valence electrons. The Morgan fingerprint density at radius 2 is 1.69 bits per heavy atom. The van der Waals surface area contributed by atoms with Crippen molar-refractivity contribution < 1.29 is 29.3 Å². The number of nitrogens with one attached hydrogen (secondary N) is 1. The lowest BCUT2D eigenvalue weighted by molar-refractivity contribution is -0.137. The molecular formula is C34H50N2O6. The minimum Gasteiger partial charge on any atom is -0.481 e. The second-order valence-corrected chi connectivity index (χ2v) is 13.0. The lowest BCUT2D eigenvalue weighted by Gasteiger charge is -2.42. The van der Waals surface area contributed by atoms with Crippen LogP contribution in [0.15, 0.2) is 41.0 Å². The average Bonchev–Trinajstić information content (AvgIpc) is 3.50. The van der Waals surface area contributed by atoms with Gasteiger partial charge in [-0.15, -0.1) is 0 Å². The number of aliphatic hydroxyl groups is 2. The van der Waals surface area contributed by atoms with Crippen molar-refractivity contribution in [3.05, 3.63) is 47.9 Å². The van der Waals surface area contributed by atoms with Gasteiger partial charge in [-0.25, -0.2) is 0 Å². The Morgan fingerprint density at radius 3 is 2.33 bits per heavy atom. The van der Waals surface area contributed by atoms with Crippen LogP contribution >= 0.6 is 0 Å². The number of aliphatic carboxylic acids is 1. The van der Waals surface area contributed by atoms with Gasteiger partial charge in [0.15, 0.2) is 5.76 Å². The Morgan fingerprint density at radius 1 is 1.00 bits per heavy atom. The first kappa shape index (κ1) is 32.2. The molecular weight excluding hydrogens is 532 g/mol. The number of hydrogen-bond donors (Lipinski definition) is 4. The van der Waals surface area contributed by atoms with Gasteiger partial charge in [-0.2, -0.15) is 0 Å². The molecule has 8 heteroatoms. The molecule has 2 aromatic rings. The summed E-state index contributed by atoms with van der Waals surface area (Å²) in [5.41, 5.74) is 2.56. The zero-order valence-corrected chi connectivity index (χ0v) is 25.3. The number of aryl methyl sites for hydroxylation is 1. The zero-order valence-electron chi connectivity index (χ0n) is 25.3. The van der Waals surface area contributed by atoms with Crippen LogP contribution in [0.5, 0.6) is 0 Å². The van der Waals surface area contributed by atoms with Crippen molar-refractivity contribution in [3.63, 3.8) is 0 Å². The first-order chi connectivity index (χ1) is 20.3. The monoisotopic (exact) mass is 582 g/mol. The van der Waals surface area contributed by atoms with Crippen LogP contribution in [0.25, 0.3) is 11.1 Å². The van der Waals surface area contributed by atoms with Gasteiger partial charge in [-0.05, 0) is 88.3 Å². The second kappa shape index (κ2) is 15.2. The summed E-state index contributed by atoms with van der Waals surface area (Å²) < 4.78 is 5.61. The maximum Gasteiger partial charge on any atom is 0.303 e. The van der Waals surface area contributed by atoms with Crippen LogP contribution in [0.1, 0.15) is 99.6 Å². The number of carbonyl (C=O) groups excluding carboxylic acids is 1. The van der Waals surface area contributed by atoms with Gasteiger partial charge in [0.25, 0.3) is 5.91 Å². The Bertz CT molecular complexity index is 1130. The molecule has 2 aliphatic rings. The molecule has 1 saturated heterocycles. The van der Waals surface area contributed by atoms with Crippen LogP contribution in [0.4, 0.5) is 0 Å². The Labute approximate surface area is 250 Å². The summed E-state index contributed by atoms with van der Waals surface area (Å²) in [5.74, 6) is -0.625. The Balaban J connectivity index is 1.27. The highest BCUT2D eigenvalue weighted by molar-refractivity contribution is 5.98. The molecule has 0 unspecified atom stereocenters. The molecule has 1 aliphatic carbocycles. The van der Waals surface area contributed by atoms with E-state index in [4.69, 9.17) is 9.52 Å². The fraction of sp³-hybridized carbons (Fsp3) is 0.647. The zero-order chi connectivity index (χ0) is 30.0. The largest absolute Gasteiger partial charge is 0.481 e. The van der Waals surface area contributed by atoms with E-state index in [-0.39, 0.29) is 37.0 Å². The maximum absolute atomic E-state index is 13.1. The fourth-order valence-corrected chi connectivity index (χ4v) is 6.96. The van der Waals surface area contributed by atoms with Crippen LogP contribution < -0.4 is 5.32 Å². The van der Waals surface area contributed by atoms with E-state index < -0.39 is 11.4 Å². The van der Waals surface area contributed by atoms with Gasteiger partial charge >= 0.3 is 5.97 Å². The number of carboxylic acids is 1. The number of rotatable bonds is 15. The minimum atomic E-state index is -0.833. The molecule has 0 atom stereocenters. The minimum absolute atomic E-state index is 0.0682. The Kier molecular flexibility index (Phi) is 11.6. The predicted molar refractivity (Wildman–Crippen MR) is 163 cm³/mol. The third kappa shape index (κ3) is 8.68. The topological polar surface area (TPSA) is 123 Å². The highest BCUT2D eigenvalue weighted by Crippen LogP contribution is 2.46. The fourth-order valence-electron chi connectivity index (χ4n) is 6.96. The van der Waals surface area contributed by atoms with Crippen molar-refractivity contribution in [2.24, 2.45) is 10.8 Å². The van der Waals surface area contributed by atoms with Crippen molar-refractivity contribution in [1.82, 2.24) is 10.2 Å². The molecule has 4 N–H and O–H groups in total. The number of hydrogen-bond acceptors (Lipinski definition) is 6. The molecule has 1 aliphatic heterocycles. The molecule has 8 nitrogen and oxygen atoms in total. The third-order valence-corrected chi connectivity index (χ3v) is 9.98. The van der Waals surface area contributed by atoms with Gasteiger partial charge in [0.2, 0.25) is 0 Å². The number of amides is 1. The number of carbonyl (C=O) groups is 2. The van der Waals surface area contributed by atoms with E-state index in [1.54, 1.807) is 6.26 Å². The number of aliphatic hydroxyl groups excluding tert-OH is 2. The first-order valence-corrected chi connectivity index (χ1v) is 15.9. The standard InChI is InChI=1S/C34H50N2O6/c1-26-7-9-27(10-8-26)29-13-23-42-31(29)32(41)35-28-11-20-36(21-12-28)22-19-33(14-3-2-4-15-33)17-18-34(24-37,25-38)16-5-6-30(39)40/h7-10,13,23,28,37-38H,2-6,11-12,14-22,24-25H2,1H3,(H,35,41)(H,39,40). The number of benzene rings is 1. The third-order valence-electron chi connectivity index (χ3n) is 9.98. The quantitative estimate of drug-likeness (QED) is 0.209. The van der Waals surface area contributed by atoms with Gasteiger partial charge in [0.1, 0.15) is 0 Å². The summed E-state index contributed by atoms with van der Waals surface area (Å²) in [4.78, 5) is 26.6. The molecule has 0 spiro atoms. The van der Waals surface area contributed by atoms with E-state index in [0.717, 1.165) is 62.9 Å². The molecule has 1 aromatic heterocycles. The summed E-state index contributed by atoms with van der Waals surface area (Å²) in [7, 11) is 0. The molecule has 2 heterocycles. The molecule has 1 amide bonds. The van der Waals surface area contributed by atoms with Crippen molar-refractivity contribution in [1.29, 1.82) is 0 Å². The molecule has 2 fully saturated rings. The van der Waals surface area contributed by atoms with Crippen molar-refractivity contribution in [3.8, 4) is 11.1 Å². The Hall–Kier alpha value is -2.68. The first-order valence-electron chi connectivity index (χ1n) is 15.9. The van der Waals surface area contributed by atoms with E-state index in [1.165, 1.54) is 37.7 Å². The molecule has 4 rings (SSSR count). The van der Waals surface area contributed by atoms with Gasteiger partial charge in [-0.1, -0.05) is 49.1 Å². The highest BCUT2D eigenvalue weighted by atomic mass is 16.4. The lowest BCUT2D eigenvalue weighted by Crippen LogP contribution is -2.45. The normalized spacial score (nSPS) is 18.2. The number of furan rings is 1. The van der Waals surface area contributed by atoms with Gasteiger partial charge in [0.05, 0.1) is 19.5 Å². The summed E-state index contributed by atoms with van der Waals surface area (Å²) in [6, 6.07) is 10.1. The molecule has 42 heavy (non-hydrogen) atoms. The molecule has 1 saturated carbocycles. The van der Waals surface area contributed by atoms with Crippen LogP contribution in [0, 0.1) is 17.8 Å². The van der Waals surface area contributed by atoms with Crippen molar-refractivity contribution in [2.75, 3.05) is 32.8 Å². The average molecular weight is 583 g/mol. The summed E-state index contributed by atoms with van der Waals surface area (Å²) in [6.45, 7) is 4.72. The summed E-state index contributed by atoms with van der Waals surface area (Å²) in [5, 5.41) is 32.6. The van der Waals surface area contributed by atoms with E-state index in [1.807, 2.05) is 37.3 Å². The number of piperidine rings is 1. The van der Waals surface area contributed by atoms with Gasteiger partial charge in [0, 0.05) is 36.5 Å². The number of likely N-dealkylation sites (tertiary alicyclic amines) is 1. The smallest absolute Gasteiger partial charge is 0.303 e. The van der Waals surface area contributed by atoms with E-state index in [2.05, 4.69) is 10.2 Å². The van der Waals surface area contributed by atoms with Crippen molar-refractivity contribution in [2.45, 2.75) is 96.4 Å². The van der Waals surface area contributed by atoms with Gasteiger partial charge in [-0.3, -0.25) is 9.59 Å². The number of nitrogens with zero attached hydrogens (tertiary/aromatic N) is 1. The maximum atomic E-state index is 13.1. The van der Waals surface area contributed by atoms with Crippen LogP contribution in [0.2, 0.25) is 0 Å². The molecule has 1 aromatic carbocycles. The summed E-state index contributed by atoms with van der Waals surface area (Å²) in [6.07, 6.45) is 13.3. The van der Waals surface area contributed by atoms with Crippen LogP contribution in [-0.2, 0) is 4.79 Å². The highest BCUT2D eigenvalue weighted by Gasteiger charge is 2.37. The SMILES string of the molecule is Cc1ccc(-c2ccoc2C(=O)NC2CCN(CCC3(CCC(CO)(CO)CCCC(=O)O)CCCCC3)CC2)cc1. The predicted octanol–water partition coefficient (Wildman–Crippen LogP) is 5.80. The van der Waals surface area contributed by atoms with E-state index in [0.29, 0.717) is 18.6 Å². The molecule has 0 bridgehead atoms. The van der Waals surface area contributed by atoms with Crippen LogP contribution in [-0.4, -0.2) is 71.0 Å². The van der Waals surface area contributed by atoms with Gasteiger partial charge < -0.3 is 30.0 Å².